The Kier molecular flexibility index (Phi) is 4.29. The highest BCUT2D eigenvalue weighted by Gasteiger charge is 2.28. The van der Waals surface area contributed by atoms with Crippen molar-refractivity contribution in [2.45, 2.75) is 12.5 Å². The highest BCUT2D eigenvalue weighted by atomic mass is 16.5. The van der Waals surface area contributed by atoms with Gasteiger partial charge in [-0.1, -0.05) is 24.3 Å². The van der Waals surface area contributed by atoms with Gasteiger partial charge in [0.15, 0.2) is 0 Å². The predicted octanol–water partition coefficient (Wildman–Crippen LogP) is 1.48. The Bertz CT molecular complexity index is 1100. The van der Waals surface area contributed by atoms with Crippen molar-refractivity contribution in [2.24, 2.45) is 0 Å². The molecule has 4 rings (SSSR count). The first-order chi connectivity index (χ1) is 13.1. The molecule has 1 aromatic heterocycles. The van der Waals surface area contributed by atoms with Crippen LogP contribution < -0.4 is 21.3 Å². The van der Waals surface area contributed by atoms with Gasteiger partial charge in [0.05, 0.1) is 24.4 Å². The number of ether oxygens (including phenoxy) is 1. The lowest BCUT2D eigenvalue weighted by Gasteiger charge is -2.27. The number of hydrogen-bond donors (Lipinski definition) is 3. The van der Waals surface area contributed by atoms with E-state index in [1.807, 2.05) is 24.3 Å². The van der Waals surface area contributed by atoms with Gasteiger partial charge in [-0.05, 0) is 41.8 Å². The fourth-order valence-electron chi connectivity index (χ4n) is 3.53. The highest BCUT2D eigenvalue weighted by Crippen LogP contribution is 2.31. The third-order valence-electron chi connectivity index (χ3n) is 4.85. The molecule has 0 fully saturated rings. The predicted molar refractivity (Wildman–Crippen MR) is 101 cm³/mol. The molecule has 0 amide bonds. The van der Waals surface area contributed by atoms with Crippen LogP contribution in [0.25, 0.3) is 5.69 Å². The minimum atomic E-state index is -0.699. The van der Waals surface area contributed by atoms with Crippen LogP contribution in [-0.4, -0.2) is 28.3 Å². The molecule has 27 heavy (non-hydrogen) atoms. The molecule has 3 N–H and O–H groups in total. The summed E-state index contributed by atoms with van der Waals surface area (Å²) < 4.78 is 6.22. The van der Waals surface area contributed by atoms with Crippen LogP contribution in [0.4, 0.5) is 0 Å². The van der Waals surface area contributed by atoms with E-state index in [1.54, 1.807) is 31.4 Å². The normalized spacial score (nSPS) is 16.0. The van der Waals surface area contributed by atoms with Gasteiger partial charge >= 0.3 is 5.69 Å². The lowest BCUT2D eigenvalue weighted by molar-refractivity contribution is 0.408. The fourth-order valence-corrected chi connectivity index (χ4v) is 3.53. The molecule has 0 radical (unpaired) electrons. The van der Waals surface area contributed by atoms with Crippen LogP contribution >= 0.6 is 0 Å². The van der Waals surface area contributed by atoms with E-state index >= 15 is 0 Å². The molecule has 2 aromatic carbocycles. The van der Waals surface area contributed by atoms with E-state index in [2.05, 4.69) is 10.3 Å². The summed E-state index contributed by atoms with van der Waals surface area (Å²) in [5, 5.41) is 14.2. The minimum absolute atomic E-state index is 0.123. The molecule has 0 aliphatic carbocycles. The number of rotatable bonds is 3. The molecule has 7 nitrogen and oxygen atoms in total. The Labute approximate surface area is 154 Å². The second-order valence-corrected chi connectivity index (χ2v) is 6.37. The third-order valence-corrected chi connectivity index (χ3v) is 4.85. The first-order valence-corrected chi connectivity index (χ1v) is 8.64. The van der Waals surface area contributed by atoms with Crippen molar-refractivity contribution in [3.63, 3.8) is 0 Å². The van der Waals surface area contributed by atoms with Crippen molar-refractivity contribution in [3.05, 3.63) is 86.1 Å². The third kappa shape index (κ3) is 2.92. The number of aromatic hydroxyl groups is 1. The summed E-state index contributed by atoms with van der Waals surface area (Å²) >= 11 is 0. The summed E-state index contributed by atoms with van der Waals surface area (Å²) in [6.45, 7) is 0.669. The van der Waals surface area contributed by atoms with Crippen molar-refractivity contribution >= 4 is 0 Å². The molecule has 1 aliphatic heterocycles. The summed E-state index contributed by atoms with van der Waals surface area (Å²) in [4.78, 5) is 27.3. The van der Waals surface area contributed by atoms with Gasteiger partial charge in [0.1, 0.15) is 5.75 Å². The van der Waals surface area contributed by atoms with Crippen molar-refractivity contribution in [1.82, 2.24) is 14.9 Å². The monoisotopic (exact) mass is 365 g/mol. The molecule has 0 spiro atoms. The summed E-state index contributed by atoms with van der Waals surface area (Å²) in [5.74, 6) is 0.252. The molecule has 0 saturated carbocycles. The van der Waals surface area contributed by atoms with Gasteiger partial charge in [-0.15, -0.1) is 0 Å². The van der Waals surface area contributed by atoms with Gasteiger partial charge in [0.25, 0.3) is 5.56 Å². The second-order valence-electron chi connectivity index (χ2n) is 6.37. The molecule has 2 heterocycles. The Morgan fingerprint density at radius 3 is 2.59 bits per heavy atom. The minimum Gasteiger partial charge on any atom is -0.497 e. The van der Waals surface area contributed by atoms with Crippen LogP contribution in [0.15, 0.2) is 58.1 Å². The Morgan fingerprint density at radius 2 is 1.85 bits per heavy atom. The smallest absolute Gasteiger partial charge is 0.335 e. The maximum atomic E-state index is 12.6. The SMILES string of the molecule is COc1ccc(-n2c(O)c([C@H]3NCCc4ccccc43)c(=O)[nH]c2=O)cc1. The number of methoxy groups -OCH3 is 1. The van der Waals surface area contributed by atoms with E-state index in [9.17, 15) is 14.7 Å². The number of benzene rings is 2. The van der Waals surface area contributed by atoms with Gasteiger partial charge in [-0.25, -0.2) is 9.36 Å². The van der Waals surface area contributed by atoms with Crippen LogP contribution in [0.3, 0.4) is 0 Å². The lowest BCUT2D eigenvalue weighted by Crippen LogP contribution is -2.38. The number of H-pyrrole nitrogens is 1. The topological polar surface area (TPSA) is 96.3 Å². The molecular weight excluding hydrogens is 346 g/mol. The average molecular weight is 365 g/mol. The summed E-state index contributed by atoms with van der Waals surface area (Å²) in [6, 6.07) is 13.9. The van der Waals surface area contributed by atoms with Crippen molar-refractivity contribution in [1.29, 1.82) is 0 Å². The quantitative estimate of drug-likeness (QED) is 0.653. The Balaban J connectivity index is 1.91. The maximum Gasteiger partial charge on any atom is 0.335 e. The summed E-state index contributed by atoms with van der Waals surface area (Å²) in [5.41, 5.74) is 1.29. The van der Waals surface area contributed by atoms with Crippen LogP contribution in [0, 0.1) is 0 Å². The zero-order valence-corrected chi connectivity index (χ0v) is 14.7. The van der Waals surface area contributed by atoms with Crippen molar-refractivity contribution in [2.75, 3.05) is 13.7 Å². The van der Waals surface area contributed by atoms with Crippen LogP contribution in [0.5, 0.6) is 11.6 Å². The van der Waals surface area contributed by atoms with E-state index in [-0.39, 0.29) is 11.4 Å². The van der Waals surface area contributed by atoms with E-state index in [4.69, 9.17) is 4.74 Å². The Hall–Kier alpha value is -3.32. The second kappa shape index (κ2) is 6.77. The molecule has 0 unspecified atom stereocenters. The summed E-state index contributed by atoms with van der Waals surface area (Å²) in [7, 11) is 1.54. The molecule has 0 bridgehead atoms. The zero-order chi connectivity index (χ0) is 19.0. The molecule has 3 aromatic rings. The highest BCUT2D eigenvalue weighted by molar-refractivity contribution is 5.46. The summed E-state index contributed by atoms with van der Waals surface area (Å²) in [6.07, 6.45) is 0.837. The van der Waals surface area contributed by atoms with E-state index in [0.717, 1.165) is 22.1 Å². The molecule has 0 saturated heterocycles. The molecule has 1 atom stereocenters. The van der Waals surface area contributed by atoms with Gasteiger partial charge in [0, 0.05) is 6.54 Å². The number of aromatic amines is 1. The van der Waals surface area contributed by atoms with Gasteiger partial charge < -0.3 is 15.2 Å². The van der Waals surface area contributed by atoms with Gasteiger partial charge in [0.2, 0.25) is 5.88 Å². The van der Waals surface area contributed by atoms with E-state index < -0.39 is 17.3 Å². The first kappa shape index (κ1) is 17.1. The average Bonchev–Trinajstić information content (AvgIpc) is 2.68. The lowest BCUT2D eigenvalue weighted by atomic mass is 9.90. The number of hydrogen-bond acceptors (Lipinski definition) is 5. The Morgan fingerprint density at radius 1 is 1.11 bits per heavy atom. The number of nitrogens with zero attached hydrogens (tertiary/aromatic N) is 1. The number of nitrogens with one attached hydrogen (secondary N) is 2. The fraction of sp³-hybridized carbons (Fsp3) is 0.200. The van der Waals surface area contributed by atoms with E-state index in [0.29, 0.717) is 18.0 Å². The van der Waals surface area contributed by atoms with Crippen molar-refractivity contribution < 1.29 is 9.84 Å². The van der Waals surface area contributed by atoms with E-state index in [1.165, 1.54) is 0 Å². The van der Waals surface area contributed by atoms with Crippen LogP contribution in [0.2, 0.25) is 0 Å². The number of fused-ring (bicyclic) bond motifs is 1. The standard InChI is InChI=1S/C20H19N3O4/c1-27-14-8-6-13(7-9-14)23-19(25)16(18(24)22-20(23)26)17-15-5-3-2-4-12(15)10-11-21-17/h2-9,17,21,25H,10-11H2,1H3,(H,22,24,26)/t17-/m0/s1. The zero-order valence-electron chi connectivity index (χ0n) is 14.7. The molecule has 7 heteroatoms. The molecular formula is C20H19N3O4. The molecule has 138 valence electrons. The number of aromatic nitrogens is 2. The van der Waals surface area contributed by atoms with Crippen molar-refractivity contribution in [3.8, 4) is 17.3 Å². The van der Waals surface area contributed by atoms with Crippen LogP contribution in [0.1, 0.15) is 22.7 Å². The van der Waals surface area contributed by atoms with Gasteiger partial charge in [-0.3, -0.25) is 9.78 Å². The molecule has 1 aliphatic rings. The largest absolute Gasteiger partial charge is 0.497 e. The van der Waals surface area contributed by atoms with Crippen LogP contribution in [-0.2, 0) is 6.42 Å². The maximum absolute atomic E-state index is 12.6. The first-order valence-electron chi connectivity index (χ1n) is 8.64. The van der Waals surface area contributed by atoms with Gasteiger partial charge in [-0.2, -0.15) is 0 Å².